The van der Waals surface area contributed by atoms with Crippen molar-refractivity contribution in [3.63, 3.8) is 0 Å². The highest BCUT2D eigenvalue weighted by atomic mass is 15.4. The van der Waals surface area contributed by atoms with E-state index in [4.69, 9.17) is 0 Å². The van der Waals surface area contributed by atoms with Gasteiger partial charge in [-0.2, -0.15) is 0 Å². The molecular weight excluding hydrogens is 250 g/mol. The molecule has 0 atom stereocenters. The molecule has 2 rings (SSSR count). The second-order valence-electron chi connectivity index (χ2n) is 6.53. The smallest absolute Gasteiger partial charge is 0.0964 e. The minimum atomic E-state index is 0.144. The molecule has 1 aromatic heterocycles. The molecule has 1 saturated carbocycles. The fourth-order valence-corrected chi connectivity index (χ4v) is 2.14. The third-order valence-corrected chi connectivity index (χ3v) is 3.63. The van der Waals surface area contributed by atoms with Crippen LogP contribution in [-0.4, -0.2) is 44.6 Å². The summed E-state index contributed by atoms with van der Waals surface area (Å²) in [6.45, 7) is 14.1. The first-order valence-electron chi connectivity index (χ1n) is 7.47. The molecule has 112 valence electrons. The summed E-state index contributed by atoms with van der Waals surface area (Å²) in [4.78, 5) is 2.39. The standard InChI is InChI=1S/C15H27N5/c1-5-8-19(15(2,3)4)9-10-20-12-14(17-18-20)11-16-13-6-7-13/h5,12-13,16H,1,6-11H2,2-4H3. The molecule has 0 spiro atoms. The zero-order valence-electron chi connectivity index (χ0n) is 13.0. The number of rotatable bonds is 8. The van der Waals surface area contributed by atoms with Crippen LogP contribution in [0.1, 0.15) is 39.3 Å². The van der Waals surface area contributed by atoms with Gasteiger partial charge < -0.3 is 5.32 Å². The van der Waals surface area contributed by atoms with E-state index in [-0.39, 0.29) is 5.54 Å². The lowest BCUT2D eigenvalue weighted by molar-refractivity contribution is 0.146. The molecule has 1 heterocycles. The molecule has 0 radical (unpaired) electrons. The minimum Gasteiger partial charge on any atom is -0.308 e. The van der Waals surface area contributed by atoms with E-state index < -0.39 is 0 Å². The summed E-state index contributed by atoms with van der Waals surface area (Å²) >= 11 is 0. The highest BCUT2D eigenvalue weighted by Gasteiger charge is 2.21. The van der Waals surface area contributed by atoms with Crippen molar-refractivity contribution < 1.29 is 0 Å². The van der Waals surface area contributed by atoms with Crippen LogP contribution in [0.2, 0.25) is 0 Å². The molecule has 1 aromatic rings. The van der Waals surface area contributed by atoms with Crippen LogP contribution in [0.4, 0.5) is 0 Å². The average Bonchev–Trinajstić information content (AvgIpc) is 3.10. The van der Waals surface area contributed by atoms with Crippen molar-refractivity contribution >= 4 is 0 Å². The van der Waals surface area contributed by atoms with Gasteiger partial charge in [0.05, 0.1) is 12.2 Å². The Morgan fingerprint density at radius 1 is 1.50 bits per heavy atom. The molecule has 1 aliphatic carbocycles. The lowest BCUT2D eigenvalue weighted by Gasteiger charge is -2.34. The molecule has 0 unspecified atom stereocenters. The zero-order valence-corrected chi connectivity index (χ0v) is 13.0. The first-order chi connectivity index (χ1) is 9.49. The van der Waals surface area contributed by atoms with Gasteiger partial charge in [0.1, 0.15) is 0 Å². The predicted octanol–water partition coefficient (Wildman–Crippen LogP) is 1.82. The Bertz CT molecular complexity index is 428. The molecule has 0 aliphatic heterocycles. The van der Waals surface area contributed by atoms with Crippen LogP contribution in [0.3, 0.4) is 0 Å². The van der Waals surface area contributed by atoms with Crippen LogP contribution in [0.5, 0.6) is 0 Å². The van der Waals surface area contributed by atoms with Gasteiger partial charge >= 0.3 is 0 Å². The highest BCUT2D eigenvalue weighted by molar-refractivity contribution is 4.94. The van der Waals surface area contributed by atoms with E-state index in [1.54, 1.807) is 0 Å². The average molecular weight is 277 g/mol. The van der Waals surface area contributed by atoms with Crippen molar-refractivity contribution in [1.29, 1.82) is 0 Å². The molecule has 1 fully saturated rings. The van der Waals surface area contributed by atoms with Crippen LogP contribution >= 0.6 is 0 Å². The maximum Gasteiger partial charge on any atom is 0.0964 e. The van der Waals surface area contributed by atoms with Gasteiger partial charge in [0.15, 0.2) is 0 Å². The monoisotopic (exact) mass is 277 g/mol. The van der Waals surface area contributed by atoms with Gasteiger partial charge in [0.2, 0.25) is 0 Å². The summed E-state index contributed by atoms with van der Waals surface area (Å²) < 4.78 is 1.94. The third-order valence-electron chi connectivity index (χ3n) is 3.63. The summed E-state index contributed by atoms with van der Waals surface area (Å²) in [7, 11) is 0. The van der Waals surface area contributed by atoms with Gasteiger partial charge in [0.25, 0.3) is 0 Å². The van der Waals surface area contributed by atoms with Crippen LogP contribution in [0.15, 0.2) is 18.9 Å². The molecule has 5 nitrogen and oxygen atoms in total. The van der Waals surface area contributed by atoms with Crippen molar-refractivity contribution in [3.8, 4) is 0 Å². The van der Waals surface area contributed by atoms with Crippen molar-refractivity contribution in [2.24, 2.45) is 0 Å². The Morgan fingerprint density at radius 2 is 2.25 bits per heavy atom. The first kappa shape index (κ1) is 15.2. The molecule has 0 aromatic carbocycles. The Balaban J connectivity index is 1.80. The highest BCUT2D eigenvalue weighted by Crippen LogP contribution is 2.19. The van der Waals surface area contributed by atoms with Gasteiger partial charge in [-0.15, -0.1) is 11.7 Å². The molecule has 0 saturated heterocycles. The van der Waals surface area contributed by atoms with Crippen molar-refractivity contribution in [3.05, 3.63) is 24.5 Å². The van der Waals surface area contributed by atoms with Crippen LogP contribution in [-0.2, 0) is 13.1 Å². The van der Waals surface area contributed by atoms with Crippen LogP contribution in [0.25, 0.3) is 0 Å². The summed E-state index contributed by atoms with van der Waals surface area (Å²) in [5, 5.41) is 11.9. The minimum absolute atomic E-state index is 0.144. The number of hydrogen-bond donors (Lipinski definition) is 1. The van der Waals surface area contributed by atoms with E-state index in [1.165, 1.54) is 12.8 Å². The molecular formula is C15H27N5. The van der Waals surface area contributed by atoms with E-state index in [9.17, 15) is 0 Å². The van der Waals surface area contributed by atoms with E-state index >= 15 is 0 Å². The third kappa shape index (κ3) is 4.72. The van der Waals surface area contributed by atoms with E-state index in [0.29, 0.717) is 6.04 Å². The van der Waals surface area contributed by atoms with E-state index in [0.717, 1.165) is 31.9 Å². The predicted molar refractivity (Wildman–Crippen MR) is 81.4 cm³/mol. The van der Waals surface area contributed by atoms with Crippen molar-refractivity contribution in [2.75, 3.05) is 13.1 Å². The molecule has 1 N–H and O–H groups in total. The number of nitrogens with one attached hydrogen (secondary N) is 1. The zero-order chi connectivity index (χ0) is 14.6. The van der Waals surface area contributed by atoms with E-state index in [2.05, 4.69) is 47.9 Å². The topological polar surface area (TPSA) is 46.0 Å². The number of nitrogens with zero attached hydrogens (tertiary/aromatic N) is 4. The lowest BCUT2D eigenvalue weighted by Crippen LogP contribution is -2.43. The van der Waals surface area contributed by atoms with Gasteiger partial charge in [-0.1, -0.05) is 11.3 Å². The SMILES string of the molecule is C=CCN(CCn1cc(CNC2CC2)nn1)C(C)(C)C. The van der Waals surface area contributed by atoms with Crippen molar-refractivity contribution in [1.82, 2.24) is 25.2 Å². The second kappa shape index (κ2) is 6.50. The Kier molecular flexibility index (Phi) is 4.94. The Morgan fingerprint density at radius 3 is 2.85 bits per heavy atom. The summed E-state index contributed by atoms with van der Waals surface area (Å²) in [6.07, 6.45) is 6.61. The molecule has 0 amide bonds. The summed E-state index contributed by atoms with van der Waals surface area (Å²) in [6, 6.07) is 0.712. The van der Waals surface area contributed by atoms with Crippen LogP contribution < -0.4 is 5.32 Å². The fraction of sp³-hybridized carbons (Fsp3) is 0.733. The fourth-order valence-electron chi connectivity index (χ4n) is 2.14. The maximum absolute atomic E-state index is 4.21. The van der Waals surface area contributed by atoms with Crippen LogP contribution in [0, 0.1) is 0 Å². The van der Waals surface area contributed by atoms with Gasteiger partial charge in [0, 0.05) is 37.4 Å². The Labute approximate surface area is 122 Å². The molecule has 1 aliphatic rings. The van der Waals surface area contributed by atoms with Gasteiger partial charge in [-0.05, 0) is 33.6 Å². The molecule has 0 bridgehead atoms. The van der Waals surface area contributed by atoms with Crippen molar-refractivity contribution in [2.45, 2.75) is 58.3 Å². The van der Waals surface area contributed by atoms with E-state index in [1.807, 2.05) is 17.0 Å². The van der Waals surface area contributed by atoms with Gasteiger partial charge in [-0.3, -0.25) is 9.58 Å². The molecule has 20 heavy (non-hydrogen) atoms. The molecule has 5 heteroatoms. The quantitative estimate of drug-likeness (QED) is 0.736. The Hall–Kier alpha value is -1.20. The normalized spacial score (nSPS) is 15.8. The summed E-state index contributed by atoms with van der Waals surface area (Å²) in [5.74, 6) is 0. The lowest BCUT2D eigenvalue weighted by atomic mass is 10.1. The number of hydrogen-bond acceptors (Lipinski definition) is 4. The summed E-state index contributed by atoms with van der Waals surface area (Å²) in [5.41, 5.74) is 1.17. The maximum atomic E-state index is 4.21. The largest absolute Gasteiger partial charge is 0.308 e. The van der Waals surface area contributed by atoms with Gasteiger partial charge in [-0.25, -0.2) is 0 Å². The number of aromatic nitrogens is 3. The first-order valence-corrected chi connectivity index (χ1v) is 7.47. The second-order valence-corrected chi connectivity index (χ2v) is 6.53.